The molecule has 0 aromatic heterocycles. The van der Waals surface area contributed by atoms with Crippen molar-refractivity contribution in [3.8, 4) is 0 Å². The van der Waals surface area contributed by atoms with Crippen LogP contribution in [0.1, 0.15) is 20.3 Å². The molecule has 2 N–H and O–H groups in total. The summed E-state index contributed by atoms with van der Waals surface area (Å²) in [5, 5.41) is 0. The average molecular weight is 271 g/mol. The molecule has 0 spiro atoms. The Kier molecular flexibility index (Phi) is 8.70. The van der Waals surface area contributed by atoms with Crippen molar-refractivity contribution in [2.75, 3.05) is 20.1 Å². The van der Waals surface area contributed by atoms with Gasteiger partial charge in [0.15, 0.2) is 0 Å². The quantitative estimate of drug-likeness (QED) is 0.419. The molecular formula is C14H23F2N3. The molecule has 0 heterocycles. The summed E-state index contributed by atoms with van der Waals surface area (Å²) in [6.07, 6.45) is 3.29. The van der Waals surface area contributed by atoms with E-state index >= 15 is 0 Å². The topological polar surface area (TPSA) is 41.6 Å². The Morgan fingerprint density at radius 2 is 2.16 bits per heavy atom. The van der Waals surface area contributed by atoms with Crippen molar-refractivity contribution >= 4 is 6.34 Å². The highest BCUT2D eigenvalue weighted by molar-refractivity contribution is 5.56. The zero-order valence-corrected chi connectivity index (χ0v) is 11.9. The molecule has 0 saturated carbocycles. The second-order valence-corrected chi connectivity index (χ2v) is 4.32. The monoisotopic (exact) mass is 271 g/mol. The highest BCUT2D eigenvalue weighted by Gasteiger charge is 2.02. The van der Waals surface area contributed by atoms with Crippen LogP contribution in [0.25, 0.3) is 0 Å². The minimum absolute atomic E-state index is 0.298. The minimum Gasteiger partial charge on any atom is -0.362 e. The predicted octanol–water partition coefficient (Wildman–Crippen LogP) is 2.97. The Hall–Kier alpha value is -1.49. The van der Waals surface area contributed by atoms with Crippen molar-refractivity contribution in [3.05, 3.63) is 35.8 Å². The molecule has 0 aliphatic heterocycles. The molecule has 0 bridgehead atoms. The molecule has 5 heteroatoms. The number of alkyl halides is 1. The number of nitrogens with two attached hydrogens (primary N) is 1. The largest absolute Gasteiger partial charge is 0.362 e. The number of hydrogen-bond donors (Lipinski definition) is 1. The lowest BCUT2D eigenvalue weighted by atomic mass is 10.1. The second-order valence-electron chi connectivity index (χ2n) is 4.32. The molecule has 1 unspecified atom stereocenters. The van der Waals surface area contributed by atoms with Gasteiger partial charge in [0.1, 0.15) is 12.0 Å². The summed E-state index contributed by atoms with van der Waals surface area (Å²) in [5.74, 6) is -0.552. The average Bonchev–Trinajstić information content (AvgIpc) is 2.33. The van der Waals surface area contributed by atoms with E-state index in [1.165, 1.54) is 13.0 Å². The third-order valence-electron chi connectivity index (χ3n) is 2.31. The third kappa shape index (κ3) is 9.13. The lowest BCUT2D eigenvalue weighted by Crippen LogP contribution is -2.19. The Balaban J connectivity index is 4.60. The van der Waals surface area contributed by atoms with Crippen LogP contribution < -0.4 is 5.73 Å². The standard InChI is InChI=1S/C14H23F2N3/c1-5-13(7-14(16)6-11(2)15)9-19(4)10-18-12(3)8-17/h6-7,10-11H,3,5,8-9,17H2,1-2,4H3/b13-7+,14-6+,18-10-. The van der Waals surface area contributed by atoms with Gasteiger partial charge in [-0.3, -0.25) is 0 Å². The van der Waals surface area contributed by atoms with E-state index in [9.17, 15) is 8.78 Å². The SMILES string of the molecule is C=C(CN)/N=C\N(C)C/C(=C/C(F)=C\C(C)F)CC. The predicted molar refractivity (Wildman–Crippen MR) is 77.5 cm³/mol. The van der Waals surface area contributed by atoms with E-state index in [0.29, 0.717) is 25.2 Å². The van der Waals surface area contributed by atoms with Gasteiger partial charge in [-0.25, -0.2) is 13.8 Å². The number of rotatable bonds is 8. The molecule has 0 rings (SSSR count). The van der Waals surface area contributed by atoms with E-state index in [2.05, 4.69) is 11.6 Å². The fraction of sp³-hybridized carbons (Fsp3) is 0.500. The van der Waals surface area contributed by atoms with Gasteiger partial charge in [-0.1, -0.05) is 13.5 Å². The molecular weight excluding hydrogens is 248 g/mol. The smallest absolute Gasteiger partial charge is 0.122 e. The molecule has 108 valence electrons. The van der Waals surface area contributed by atoms with Crippen molar-refractivity contribution in [1.82, 2.24) is 4.90 Å². The zero-order valence-electron chi connectivity index (χ0n) is 11.9. The lowest BCUT2D eigenvalue weighted by Gasteiger charge is -2.15. The van der Waals surface area contributed by atoms with Crippen LogP contribution in [0.15, 0.2) is 40.8 Å². The van der Waals surface area contributed by atoms with Gasteiger partial charge in [0.05, 0.1) is 6.34 Å². The first kappa shape index (κ1) is 17.5. The first-order valence-corrected chi connectivity index (χ1v) is 6.22. The van der Waals surface area contributed by atoms with Gasteiger partial charge < -0.3 is 10.6 Å². The van der Waals surface area contributed by atoms with E-state index in [1.807, 2.05) is 14.0 Å². The number of nitrogens with zero attached hydrogens (tertiary/aromatic N) is 2. The Bertz CT molecular complexity index is 371. The van der Waals surface area contributed by atoms with Crippen LogP contribution in [0.5, 0.6) is 0 Å². The van der Waals surface area contributed by atoms with Gasteiger partial charge in [-0.05, 0) is 31.1 Å². The van der Waals surface area contributed by atoms with E-state index in [1.54, 1.807) is 11.2 Å². The number of aliphatic imine (C=N–C) groups is 1. The van der Waals surface area contributed by atoms with Crippen LogP contribution in [0.4, 0.5) is 8.78 Å². The molecule has 0 radical (unpaired) electrons. The molecule has 0 aliphatic carbocycles. The first-order chi connectivity index (χ1) is 8.88. The van der Waals surface area contributed by atoms with E-state index < -0.39 is 12.0 Å². The highest BCUT2D eigenvalue weighted by atomic mass is 19.1. The summed E-state index contributed by atoms with van der Waals surface area (Å²) in [5.41, 5.74) is 6.79. The van der Waals surface area contributed by atoms with Gasteiger partial charge in [-0.2, -0.15) is 0 Å². The van der Waals surface area contributed by atoms with Crippen LogP contribution in [-0.4, -0.2) is 37.5 Å². The van der Waals surface area contributed by atoms with Crippen molar-refractivity contribution in [3.63, 3.8) is 0 Å². The Morgan fingerprint density at radius 1 is 1.53 bits per heavy atom. The molecule has 3 nitrogen and oxygen atoms in total. The molecule has 0 aromatic carbocycles. The van der Waals surface area contributed by atoms with Crippen LogP contribution in [0.3, 0.4) is 0 Å². The lowest BCUT2D eigenvalue weighted by molar-refractivity contribution is 0.423. The van der Waals surface area contributed by atoms with Crippen LogP contribution in [0.2, 0.25) is 0 Å². The van der Waals surface area contributed by atoms with E-state index in [4.69, 9.17) is 5.73 Å². The highest BCUT2D eigenvalue weighted by Crippen LogP contribution is 2.10. The maximum Gasteiger partial charge on any atom is 0.122 e. The van der Waals surface area contributed by atoms with Gasteiger partial charge >= 0.3 is 0 Å². The summed E-state index contributed by atoms with van der Waals surface area (Å²) in [4.78, 5) is 5.84. The molecule has 0 aromatic rings. The normalized spacial score (nSPS) is 14.8. The summed E-state index contributed by atoms with van der Waals surface area (Å²) in [7, 11) is 1.82. The van der Waals surface area contributed by atoms with E-state index in [0.717, 1.165) is 11.6 Å². The summed E-state index contributed by atoms with van der Waals surface area (Å²) >= 11 is 0. The van der Waals surface area contributed by atoms with Crippen molar-refractivity contribution < 1.29 is 8.78 Å². The van der Waals surface area contributed by atoms with E-state index in [-0.39, 0.29) is 0 Å². The Morgan fingerprint density at radius 3 is 2.63 bits per heavy atom. The number of halogens is 2. The molecule has 0 saturated heterocycles. The molecule has 0 fully saturated rings. The fourth-order valence-electron chi connectivity index (χ4n) is 1.32. The third-order valence-corrected chi connectivity index (χ3v) is 2.31. The van der Waals surface area contributed by atoms with Crippen LogP contribution >= 0.6 is 0 Å². The molecule has 0 amide bonds. The van der Waals surface area contributed by atoms with Gasteiger partial charge in [0.25, 0.3) is 0 Å². The fourth-order valence-corrected chi connectivity index (χ4v) is 1.32. The molecule has 1 atom stereocenters. The molecule has 0 aliphatic rings. The molecule has 19 heavy (non-hydrogen) atoms. The van der Waals surface area contributed by atoms with Gasteiger partial charge in [-0.15, -0.1) is 0 Å². The number of likely N-dealkylation sites (N-methyl/N-ethyl adjacent to an activating group) is 1. The summed E-state index contributed by atoms with van der Waals surface area (Å²) in [6.45, 7) is 7.67. The van der Waals surface area contributed by atoms with Gasteiger partial charge in [0.2, 0.25) is 0 Å². The maximum absolute atomic E-state index is 13.4. The zero-order chi connectivity index (χ0) is 14.8. The van der Waals surface area contributed by atoms with Crippen LogP contribution in [-0.2, 0) is 0 Å². The number of hydrogen-bond acceptors (Lipinski definition) is 2. The summed E-state index contributed by atoms with van der Waals surface area (Å²) < 4.78 is 26.0. The Labute approximate surface area is 114 Å². The minimum atomic E-state index is -1.29. The van der Waals surface area contributed by atoms with Crippen molar-refractivity contribution in [2.24, 2.45) is 10.7 Å². The van der Waals surface area contributed by atoms with Crippen molar-refractivity contribution in [1.29, 1.82) is 0 Å². The van der Waals surface area contributed by atoms with Crippen LogP contribution in [0, 0.1) is 0 Å². The summed E-state index contributed by atoms with van der Waals surface area (Å²) in [6, 6.07) is 0. The van der Waals surface area contributed by atoms with Gasteiger partial charge in [0, 0.05) is 25.8 Å². The second kappa shape index (κ2) is 9.44. The maximum atomic E-state index is 13.4. The first-order valence-electron chi connectivity index (χ1n) is 6.22. The van der Waals surface area contributed by atoms with Crippen molar-refractivity contribution in [2.45, 2.75) is 26.4 Å². The number of allylic oxidation sites excluding steroid dienone is 3.